The van der Waals surface area contributed by atoms with Gasteiger partial charge in [-0.05, 0) is 39.0 Å². The number of pyridine rings is 2. The van der Waals surface area contributed by atoms with Crippen LogP contribution in [0.25, 0.3) is 0 Å². The maximum absolute atomic E-state index is 5.76. The first-order chi connectivity index (χ1) is 9.16. The predicted molar refractivity (Wildman–Crippen MR) is 72.8 cm³/mol. The van der Waals surface area contributed by atoms with Crippen molar-refractivity contribution in [2.45, 2.75) is 33.7 Å². The molecule has 4 heteroatoms. The van der Waals surface area contributed by atoms with E-state index in [1.54, 1.807) is 12.4 Å². The summed E-state index contributed by atoms with van der Waals surface area (Å²) in [6.45, 7) is 6.26. The maximum atomic E-state index is 5.76. The summed E-state index contributed by atoms with van der Waals surface area (Å²) in [5.74, 6) is 0.807. The van der Waals surface area contributed by atoms with Gasteiger partial charge in [0.2, 0.25) is 0 Å². The van der Waals surface area contributed by atoms with Crippen molar-refractivity contribution >= 4 is 0 Å². The number of hydrogen-bond acceptors (Lipinski definition) is 4. The lowest BCUT2D eigenvalue weighted by atomic mass is 10.2. The van der Waals surface area contributed by atoms with Gasteiger partial charge in [-0.25, -0.2) is 0 Å². The number of ether oxygens (including phenoxy) is 2. The van der Waals surface area contributed by atoms with E-state index in [2.05, 4.69) is 9.97 Å². The molecule has 0 amide bonds. The molecule has 2 rings (SSSR count). The van der Waals surface area contributed by atoms with Crippen molar-refractivity contribution in [3.8, 4) is 5.75 Å². The van der Waals surface area contributed by atoms with Crippen LogP contribution in [0.3, 0.4) is 0 Å². The van der Waals surface area contributed by atoms with Gasteiger partial charge in [-0.2, -0.15) is 0 Å². The van der Waals surface area contributed by atoms with Crippen molar-refractivity contribution in [1.29, 1.82) is 0 Å². The van der Waals surface area contributed by atoms with Crippen molar-refractivity contribution in [3.63, 3.8) is 0 Å². The average Bonchev–Trinajstić information content (AvgIpc) is 2.43. The molecule has 0 aliphatic carbocycles. The van der Waals surface area contributed by atoms with Crippen LogP contribution >= 0.6 is 0 Å². The van der Waals surface area contributed by atoms with Crippen LogP contribution in [0.1, 0.15) is 23.9 Å². The van der Waals surface area contributed by atoms with Gasteiger partial charge in [0.15, 0.2) is 6.29 Å². The molecule has 0 bridgehead atoms. The third kappa shape index (κ3) is 3.76. The Bertz CT molecular complexity index is 529. The zero-order chi connectivity index (χ0) is 13.7. The molecule has 4 nitrogen and oxygen atoms in total. The van der Waals surface area contributed by atoms with Crippen LogP contribution in [0.4, 0.5) is 0 Å². The molecule has 1 atom stereocenters. The second-order valence-electron chi connectivity index (χ2n) is 4.34. The van der Waals surface area contributed by atoms with E-state index < -0.39 is 0 Å². The topological polar surface area (TPSA) is 44.2 Å². The lowest BCUT2D eigenvalue weighted by molar-refractivity contribution is -0.0772. The van der Waals surface area contributed by atoms with E-state index in [1.165, 1.54) is 0 Å². The Morgan fingerprint density at radius 1 is 1.11 bits per heavy atom. The number of rotatable bonds is 5. The van der Waals surface area contributed by atoms with Gasteiger partial charge < -0.3 is 9.47 Å². The molecule has 2 aromatic rings. The largest absolute Gasteiger partial charge is 0.465 e. The van der Waals surface area contributed by atoms with Crippen LogP contribution < -0.4 is 4.74 Å². The second-order valence-corrected chi connectivity index (χ2v) is 4.34. The Morgan fingerprint density at radius 2 is 1.95 bits per heavy atom. The van der Waals surface area contributed by atoms with Gasteiger partial charge >= 0.3 is 0 Å². The van der Waals surface area contributed by atoms with Crippen LogP contribution in [0.2, 0.25) is 0 Å². The molecule has 19 heavy (non-hydrogen) atoms. The number of nitrogens with zero attached hydrogens (tertiary/aromatic N) is 2. The van der Waals surface area contributed by atoms with E-state index in [0.29, 0.717) is 6.61 Å². The monoisotopic (exact) mass is 258 g/mol. The molecule has 0 aliphatic heterocycles. The molecule has 2 heterocycles. The molecule has 0 saturated carbocycles. The zero-order valence-corrected chi connectivity index (χ0v) is 11.5. The van der Waals surface area contributed by atoms with Gasteiger partial charge in [0.1, 0.15) is 5.75 Å². The summed E-state index contributed by atoms with van der Waals surface area (Å²) >= 11 is 0. The standard InChI is InChI=1S/C15H18N2O2/c1-11-12(2)16-9-7-15(11)19-13(3)18-10-14-6-4-5-8-17-14/h4-9,13H,10H2,1-3H3. The van der Waals surface area contributed by atoms with Gasteiger partial charge in [-0.15, -0.1) is 0 Å². The highest BCUT2D eigenvalue weighted by Crippen LogP contribution is 2.20. The first kappa shape index (κ1) is 13.5. The average molecular weight is 258 g/mol. The van der Waals surface area contributed by atoms with Crippen molar-refractivity contribution in [1.82, 2.24) is 9.97 Å². The molecule has 0 radical (unpaired) electrons. The van der Waals surface area contributed by atoms with Gasteiger partial charge in [-0.3, -0.25) is 9.97 Å². The van der Waals surface area contributed by atoms with Crippen molar-refractivity contribution < 1.29 is 9.47 Å². The fraction of sp³-hybridized carbons (Fsp3) is 0.333. The smallest absolute Gasteiger partial charge is 0.197 e. The van der Waals surface area contributed by atoms with Crippen LogP contribution in [0.15, 0.2) is 36.7 Å². The lowest BCUT2D eigenvalue weighted by Crippen LogP contribution is -2.17. The maximum Gasteiger partial charge on any atom is 0.197 e. The molecule has 0 N–H and O–H groups in total. The number of aryl methyl sites for hydroxylation is 1. The fourth-order valence-corrected chi connectivity index (χ4v) is 1.64. The van der Waals surface area contributed by atoms with Gasteiger partial charge in [0.05, 0.1) is 12.3 Å². The van der Waals surface area contributed by atoms with E-state index in [9.17, 15) is 0 Å². The molecule has 0 saturated heterocycles. The molecule has 2 aromatic heterocycles. The summed E-state index contributed by atoms with van der Waals surface area (Å²) in [5, 5.41) is 0. The van der Waals surface area contributed by atoms with E-state index in [-0.39, 0.29) is 6.29 Å². The van der Waals surface area contributed by atoms with Crippen LogP contribution in [0, 0.1) is 13.8 Å². The molecule has 100 valence electrons. The van der Waals surface area contributed by atoms with E-state index in [1.807, 2.05) is 45.0 Å². The first-order valence-electron chi connectivity index (χ1n) is 6.27. The summed E-state index contributed by atoms with van der Waals surface area (Å²) in [7, 11) is 0. The van der Waals surface area contributed by atoms with Crippen LogP contribution in [-0.2, 0) is 11.3 Å². The van der Waals surface area contributed by atoms with Gasteiger partial charge in [0, 0.05) is 23.7 Å². The van der Waals surface area contributed by atoms with Crippen molar-refractivity contribution in [2.75, 3.05) is 0 Å². The molecular formula is C15H18N2O2. The van der Waals surface area contributed by atoms with Crippen LogP contribution in [-0.4, -0.2) is 16.3 Å². The number of hydrogen-bond donors (Lipinski definition) is 0. The fourth-order valence-electron chi connectivity index (χ4n) is 1.64. The summed E-state index contributed by atoms with van der Waals surface area (Å²) in [4.78, 5) is 8.41. The van der Waals surface area contributed by atoms with Gasteiger partial charge in [-0.1, -0.05) is 6.07 Å². The second kappa shape index (κ2) is 6.29. The summed E-state index contributed by atoms with van der Waals surface area (Å²) in [6, 6.07) is 7.59. The molecule has 0 fully saturated rings. The Kier molecular flexibility index (Phi) is 4.47. The van der Waals surface area contributed by atoms with Crippen molar-refractivity contribution in [3.05, 3.63) is 53.6 Å². The highest BCUT2D eigenvalue weighted by Gasteiger charge is 2.08. The zero-order valence-electron chi connectivity index (χ0n) is 11.5. The predicted octanol–water partition coefficient (Wildman–Crippen LogP) is 3.04. The summed E-state index contributed by atoms with van der Waals surface area (Å²) < 4.78 is 11.4. The highest BCUT2D eigenvalue weighted by atomic mass is 16.7. The van der Waals surface area contributed by atoms with E-state index in [4.69, 9.17) is 9.47 Å². The minimum atomic E-state index is -0.331. The Balaban J connectivity index is 1.91. The molecule has 1 unspecified atom stereocenters. The Morgan fingerprint density at radius 3 is 2.68 bits per heavy atom. The quantitative estimate of drug-likeness (QED) is 0.773. The minimum Gasteiger partial charge on any atom is -0.465 e. The van der Waals surface area contributed by atoms with Gasteiger partial charge in [0.25, 0.3) is 0 Å². The number of aromatic nitrogens is 2. The normalized spacial score (nSPS) is 12.2. The third-order valence-electron chi connectivity index (χ3n) is 2.89. The third-order valence-corrected chi connectivity index (χ3v) is 2.89. The Hall–Kier alpha value is -1.94. The van der Waals surface area contributed by atoms with E-state index >= 15 is 0 Å². The van der Waals surface area contributed by atoms with Crippen LogP contribution in [0.5, 0.6) is 5.75 Å². The molecule has 0 aliphatic rings. The molecular weight excluding hydrogens is 240 g/mol. The molecule has 0 aromatic carbocycles. The highest BCUT2D eigenvalue weighted by molar-refractivity contribution is 5.33. The Labute approximate surface area is 113 Å². The minimum absolute atomic E-state index is 0.331. The first-order valence-corrected chi connectivity index (χ1v) is 6.27. The molecule has 0 spiro atoms. The lowest BCUT2D eigenvalue weighted by Gasteiger charge is -2.17. The van der Waals surface area contributed by atoms with Crippen molar-refractivity contribution in [2.24, 2.45) is 0 Å². The summed E-state index contributed by atoms with van der Waals surface area (Å²) in [6.07, 6.45) is 3.16. The SMILES string of the molecule is Cc1nccc(OC(C)OCc2ccccn2)c1C. The van der Waals surface area contributed by atoms with E-state index in [0.717, 1.165) is 22.7 Å². The summed E-state index contributed by atoms with van der Waals surface area (Å²) in [5.41, 5.74) is 2.89.